The Labute approximate surface area is 107 Å². The number of hydrogen-bond acceptors (Lipinski definition) is 3. The Bertz CT molecular complexity index is 401. The van der Waals surface area contributed by atoms with Gasteiger partial charge in [-0.2, -0.15) is 0 Å². The van der Waals surface area contributed by atoms with Crippen LogP contribution in [0.3, 0.4) is 0 Å². The summed E-state index contributed by atoms with van der Waals surface area (Å²) >= 11 is 0. The van der Waals surface area contributed by atoms with Crippen LogP contribution in [0.15, 0.2) is 18.2 Å². The molecular formula is C14H20O4. The van der Waals surface area contributed by atoms with Gasteiger partial charge >= 0.3 is 5.97 Å². The normalized spacial score (nSPS) is 17.2. The van der Waals surface area contributed by atoms with E-state index in [1.807, 2.05) is 18.2 Å². The number of carboxylic acids is 1. The van der Waals surface area contributed by atoms with Crippen LogP contribution in [-0.4, -0.2) is 30.4 Å². The van der Waals surface area contributed by atoms with Gasteiger partial charge in [0, 0.05) is 7.11 Å². The number of benzene rings is 1. The van der Waals surface area contributed by atoms with Gasteiger partial charge in [0.1, 0.15) is 5.75 Å². The van der Waals surface area contributed by atoms with Crippen LogP contribution in [0.2, 0.25) is 0 Å². The molecule has 4 nitrogen and oxygen atoms in total. The van der Waals surface area contributed by atoms with E-state index in [4.69, 9.17) is 14.9 Å². The molecule has 0 saturated carbocycles. The largest absolute Gasteiger partial charge is 0.497 e. The van der Waals surface area contributed by atoms with Gasteiger partial charge in [0.25, 0.3) is 0 Å². The predicted molar refractivity (Wildman–Crippen MR) is 69.1 cm³/mol. The number of hydrogen-bond donors (Lipinski definition) is 2. The smallest absolute Gasteiger partial charge is 0.303 e. The second-order valence-electron chi connectivity index (χ2n) is 4.25. The number of methoxy groups -OCH3 is 1. The van der Waals surface area contributed by atoms with E-state index in [1.54, 1.807) is 7.11 Å². The molecule has 2 rings (SSSR count). The molecule has 4 heteroatoms. The van der Waals surface area contributed by atoms with Crippen LogP contribution < -0.4 is 4.74 Å². The zero-order valence-electron chi connectivity index (χ0n) is 10.8. The van der Waals surface area contributed by atoms with Crippen LogP contribution in [0.5, 0.6) is 5.75 Å². The minimum absolute atomic E-state index is 0.173. The van der Waals surface area contributed by atoms with Gasteiger partial charge in [-0.1, -0.05) is 6.07 Å². The number of aliphatic hydroxyl groups excluding tert-OH is 1. The molecule has 1 aliphatic rings. The summed E-state index contributed by atoms with van der Waals surface area (Å²) < 4.78 is 5.18. The summed E-state index contributed by atoms with van der Waals surface area (Å²) in [5.41, 5.74) is 2.44. The molecule has 100 valence electrons. The average molecular weight is 252 g/mol. The van der Waals surface area contributed by atoms with Crippen molar-refractivity contribution in [2.75, 3.05) is 14.2 Å². The first-order valence-corrected chi connectivity index (χ1v) is 6.04. The number of aryl methyl sites for hydroxylation is 1. The van der Waals surface area contributed by atoms with E-state index >= 15 is 0 Å². The summed E-state index contributed by atoms with van der Waals surface area (Å²) in [7, 11) is 2.65. The minimum atomic E-state index is -0.714. The van der Waals surface area contributed by atoms with Gasteiger partial charge in [0.2, 0.25) is 0 Å². The molecule has 0 bridgehead atoms. The standard InChI is InChI=1S/C13H16O3.CH4O/c1-16-11-5-6-12-9(7-11)3-2-4-10(12)8-13(14)15;1-2/h5-7,10H,2-4,8H2,1H3,(H,14,15);2H,1H3/t10-;/m0./s1. The highest BCUT2D eigenvalue weighted by molar-refractivity contribution is 5.68. The van der Waals surface area contributed by atoms with E-state index in [0.29, 0.717) is 0 Å². The second kappa shape index (κ2) is 7.01. The van der Waals surface area contributed by atoms with Crippen molar-refractivity contribution >= 4 is 5.97 Å². The van der Waals surface area contributed by atoms with Gasteiger partial charge in [-0.3, -0.25) is 4.79 Å². The van der Waals surface area contributed by atoms with Crippen molar-refractivity contribution in [3.8, 4) is 5.75 Å². The van der Waals surface area contributed by atoms with Crippen molar-refractivity contribution in [2.45, 2.75) is 31.6 Å². The van der Waals surface area contributed by atoms with Gasteiger partial charge in [-0.15, -0.1) is 0 Å². The summed E-state index contributed by atoms with van der Waals surface area (Å²) in [6, 6.07) is 5.96. The fraction of sp³-hybridized carbons (Fsp3) is 0.500. The second-order valence-corrected chi connectivity index (χ2v) is 4.25. The topological polar surface area (TPSA) is 66.8 Å². The first-order chi connectivity index (χ1) is 8.70. The van der Waals surface area contributed by atoms with Crippen molar-refractivity contribution in [3.05, 3.63) is 29.3 Å². The van der Waals surface area contributed by atoms with E-state index in [9.17, 15) is 4.79 Å². The maximum absolute atomic E-state index is 10.8. The summed E-state index contributed by atoms with van der Waals surface area (Å²) in [5.74, 6) is 0.315. The molecule has 0 heterocycles. The molecule has 18 heavy (non-hydrogen) atoms. The van der Waals surface area contributed by atoms with E-state index in [0.717, 1.165) is 32.1 Å². The molecule has 0 amide bonds. The zero-order chi connectivity index (χ0) is 13.5. The highest BCUT2D eigenvalue weighted by atomic mass is 16.5. The number of aliphatic carboxylic acids is 1. The molecule has 0 fully saturated rings. The molecular weight excluding hydrogens is 232 g/mol. The third-order valence-electron chi connectivity index (χ3n) is 3.21. The Morgan fingerprint density at radius 1 is 1.44 bits per heavy atom. The van der Waals surface area contributed by atoms with Crippen LogP contribution in [0, 0.1) is 0 Å². The number of fused-ring (bicyclic) bond motifs is 1. The molecule has 1 aromatic rings. The Balaban J connectivity index is 0.000000771. The quantitative estimate of drug-likeness (QED) is 0.865. The minimum Gasteiger partial charge on any atom is -0.497 e. The van der Waals surface area contributed by atoms with Crippen LogP contribution in [0.25, 0.3) is 0 Å². The lowest BCUT2D eigenvalue weighted by molar-refractivity contribution is -0.137. The van der Waals surface area contributed by atoms with Crippen molar-refractivity contribution in [1.29, 1.82) is 0 Å². The van der Waals surface area contributed by atoms with E-state index in [2.05, 4.69) is 0 Å². The van der Waals surface area contributed by atoms with Crippen LogP contribution in [0.1, 0.15) is 36.3 Å². The predicted octanol–water partition coefficient (Wildman–Crippen LogP) is 2.20. The third-order valence-corrected chi connectivity index (χ3v) is 3.21. The number of ether oxygens (including phenoxy) is 1. The summed E-state index contributed by atoms with van der Waals surface area (Å²) in [6.45, 7) is 0. The molecule has 0 radical (unpaired) electrons. The number of rotatable bonds is 3. The Morgan fingerprint density at radius 2 is 2.17 bits per heavy atom. The maximum atomic E-state index is 10.8. The van der Waals surface area contributed by atoms with Crippen LogP contribution in [0.4, 0.5) is 0 Å². The van der Waals surface area contributed by atoms with E-state index in [-0.39, 0.29) is 12.3 Å². The molecule has 2 N–H and O–H groups in total. The highest BCUT2D eigenvalue weighted by Crippen LogP contribution is 2.35. The lowest BCUT2D eigenvalue weighted by Crippen LogP contribution is -2.13. The molecule has 0 aromatic heterocycles. The molecule has 1 atom stereocenters. The molecule has 0 spiro atoms. The Hall–Kier alpha value is -1.55. The maximum Gasteiger partial charge on any atom is 0.303 e. The molecule has 0 unspecified atom stereocenters. The highest BCUT2D eigenvalue weighted by Gasteiger charge is 2.22. The fourth-order valence-electron chi connectivity index (χ4n) is 2.44. The summed E-state index contributed by atoms with van der Waals surface area (Å²) in [4.78, 5) is 10.8. The number of carbonyl (C=O) groups is 1. The SMILES string of the molecule is CO.COc1ccc2c(c1)CCC[C@H]2CC(=O)O. The first kappa shape index (κ1) is 14.5. The Morgan fingerprint density at radius 3 is 2.78 bits per heavy atom. The van der Waals surface area contributed by atoms with Crippen LogP contribution in [-0.2, 0) is 11.2 Å². The van der Waals surface area contributed by atoms with Crippen molar-refractivity contribution in [3.63, 3.8) is 0 Å². The number of carboxylic acid groups (broad SMARTS) is 1. The summed E-state index contributed by atoms with van der Waals surface area (Å²) in [6.07, 6.45) is 3.31. The first-order valence-electron chi connectivity index (χ1n) is 6.04. The molecule has 1 aromatic carbocycles. The van der Waals surface area contributed by atoms with Gasteiger partial charge in [0.15, 0.2) is 0 Å². The zero-order valence-corrected chi connectivity index (χ0v) is 10.8. The van der Waals surface area contributed by atoms with E-state index < -0.39 is 5.97 Å². The molecule has 1 aliphatic carbocycles. The number of aliphatic hydroxyl groups is 1. The molecule has 0 aliphatic heterocycles. The third kappa shape index (κ3) is 3.47. The fourth-order valence-corrected chi connectivity index (χ4v) is 2.44. The molecule has 0 saturated heterocycles. The van der Waals surface area contributed by atoms with Crippen LogP contribution >= 0.6 is 0 Å². The lowest BCUT2D eigenvalue weighted by atomic mass is 9.81. The van der Waals surface area contributed by atoms with E-state index in [1.165, 1.54) is 11.1 Å². The lowest BCUT2D eigenvalue weighted by Gasteiger charge is -2.24. The monoisotopic (exact) mass is 252 g/mol. The van der Waals surface area contributed by atoms with Gasteiger partial charge in [-0.25, -0.2) is 0 Å². The van der Waals surface area contributed by atoms with Crippen molar-refractivity contribution in [2.24, 2.45) is 0 Å². The van der Waals surface area contributed by atoms with Gasteiger partial charge in [0.05, 0.1) is 13.5 Å². The van der Waals surface area contributed by atoms with Gasteiger partial charge < -0.3 is 14.9 Å². The van der Waals surface area contributed by atoms with Crippen molar-refractivity contribution < 1.29 is 19.7 Å². The summed E-state index contributed by atoms with van der Waals surface area (Å²) in [5, 5.41) is 15.9. The van der Waals surface area contributed by atoms with Gasteiger partial charge in [-0.05, 0) is 48.4 Å². The van der Waals surface area contributed by atoms with Crippen molar-refractivity contribution in [1.82, 2.24) is 0 Å². The average Bonchev–Trinajstić information content (AvgIpc) is 2.40. The Kier molecular flexibility index (Phi) is 5.65.